The molecule has 0 bridgehead atoms. The number of rotatable bonds is 7. The van der Waals surface area contributed by atoms with E-state index >= 15 is 0 Å². The van der Waals surface area contributed by atoms with E-state index in [0.717, 1.165) is 24.6 Å². The van der Waals surface area contributed by atoms with Gasteiger partial charge < -0.3 is 10.6 Å². The van der Waals surface area contributed by atoms with Crippen molar-refractivity contribution in [2.24, 2.45) is 0 Å². The lowest BCUT2D eigenvalue weighted by molar-refractivity contribution is -0.120. The molecule has 0 aromatic heterocycles. The third-order valence-corrected chi connectivity index (χ3v) is 4.82. The van der Waals surface area contributed by atoms with E-state index in [-0.39, 0.29) is 5.91 Å². The Balaban J connectivity index is 1.53. The van der Waals surface area contributed by atoms with Gasteiger partial charge in [-0.05, 0) is 24.9 Å². The Hall–Kier alpha value is -1.00. The van der Waals surface area contributed by atoms with Crippen molar-refractivity contribution >= 4 is 17.7 Å². The Morgan fingerprint density at radius 3 is 2.95 bits per heavy atom. The first kappa shape index (κ1) is 16.4. The Kier molecular flexibility index (Phi) is 7.68. The highest BCUT2D eigenvalue weighted by molar-refractivity contribution is 7.98. The zero-order chi connectivity index (χ0) is 14.8. The van der Waals surface area contributed by atoms with E-state index < -0.39 is 0 Å². The summed E-state index contributed by atoms with van der Waals surface area (Å²) in [7, 11) is 0. The molecule has 1 aromatic rings. The summed E-state index contributed by atoms with van der Waals surface area (Å²) in [4.78, 5) is 11.8. The molecule has 0 unspecified atom stereocenters. The Morgan fingerprint density at radius 2 is 2.10 bits per heavy atom. The number of nitrogens with one attached hydrogen (secondary N) is 2. The highest BCUT2D eigenvalue weighted by Crippen LogP contribution is 2.12. The summed E-state index contributed by atoms with van der Waals surface area (Å²) in [5.74, 6) is 2.05. The van der Waals surface area contributed by atoms with Gasteiger partial charge in [0.15, 0.2) is 0 Å². The summed E-state index contributed by atoms with van der Waals surface area (Å²) >= 11 is 1.82. The molecule has 21 heavy (non-hydrogen) atoms. The largest absolute Gasteiger partial charge is 0.355 e. The second kappa shape index (κ2) is 9.85. The van der Waals surface area contributed by atoms with Crippen molar-refractivity contribution in [3.63, 3.8) is 0 Å². The standard InChI is InChI=1S/C17H26N2OS/c20-17(19-13-16-9-5-2-6-11-18-16)10-12-21-14-15-7-3-1-4-8-15/h1,3-4,7-8,16,18H,2,5-6,9-14H2,(H,19,20)/t16-/m0/s1. The third-order valence-electron chi connectivity index (χ3n) is 3.79. The van der Waals surface area contributed by atoms with Crippen LogP contribution in [0.15, 0.2) is 30.3 Å². The number of hydrogen-bond acceptors (Lipinski definition) is 3. The quantitative estimate of drug-likeness (QED) is 0.761. The fraction of sp³-hybridized carbons (Fsp3) is 0.588. The SMILES string of the molecule is O=C(CCSCc1ccccc1)NC[C@@H]1CCCCCN1. The van der Waals surface area contributed by atoms with Crippen molar-refractivity contribution in [2.45, 2.75) is 43.9 Å². The highest BCUT2D eigenvalue weighted by Gasteiger charge is 2.12. The van der Waals surface area contributed by atoms with Gasteiger partial charge in [0.25, 0.3) is 0 Å². The molecule has 1 amide bonds. The molecular weight excluding hydrogens is 280 g/mol. The molecule has 116 valence electrons. The van der Waals surface area contributed by atoms with Crippen molar-refractivity contribution in [2.75, 3.05) is 18.8 Å². The van der Waals surface area contributed by atoms with E-state index in [2.05, 4.69) is 34.9 Å². The summed E-state index contributed by atoms with van der Waals surface area (Å²) in [5, 5.41) is 6.57. The van der Waals surface area contributed by atoms with Crippen LogP contribution in [0, 0.1) is 0 Å². The van der Waals surface area contributed by atoms with Gasteiger partial charge in [-0.2, -0.15) is 11.8 Å². The molecule has 3 nitrogen and oxygen atoms in total. The summed E-state index contributed by atoms with van der Waals surface area (Å²) in [6.45, 7) is 1.87. The molecule has 1 aliphatic rings. The van der Waals surface area contributed by atoms with Crippen LogP contribution < -0.4 is 10.6 Å². The summed E-state index contributed by atoms with van der Waals surface area (Å²) < 4.78 is 0. The van der Waals surface area contributed by atoms with E-state index in [1.54, 1.807) is 0 Å². The van der Waals surface area contributed by atoms with Crippen LogP contribution in [0.25, 0.3) is 0 Å². The molecule has 1 aliphatic heterocycles. The lowest BCUT2D eigenvalue weighted by Gasteiger charge is -2.16. The molecule has 0 aliphatic carbocycles. The van der Waals surface area contributed by atoms with Crippen LogP contribution in [0.3, 0.4) is 0 Å². The van der Waals surface area contributed by atoms with E-state index in [4.69, 9.17) is 0 Å². The maximum Gasteiger partial charge on any atom is 0.220 e. The van der Waals surface area contributed by atoms with Crippen molar-refractivity contribution in [3.8, 4) is 0 Å². The van der Waals surface area contributed by atoms with Gasteiger partial charge in [-0.15, -0.1) is 0 Å². The van der Waals surface area contributed by atoms with Crippen molar-refractivity contribution < 1.29 is 4.79 Å². The van der Waals surface area contributed by atoms with Crippen LogP contribution in [-0.2, 0) is 10.5 Å². The molecule has 1 heterocycles. The normalized spacial score (nSPS) is 19.0. The van der Waals surface area contributed by atoms with E-state index in [0.29, 0.717) is 12.5 Å². The first-order chi connectivity index (χ1) is 10.3. The molecule has 1 fully saturated rings. The van der Waals surface area contributed by atoms with E-state index in [1.807, 2.05) is 17.8 Å². The number of amides is 1. The molecule has 4 heteroatoms. The number of hydrogen-bond donors (Lipinski definition) is 2. The molecule has 2 rings (SSSR count). The predicted molar refractivity (Wildman–Crippen MR) is 90.5 cm³/mol. The van der Waals surface area contributed by atoms with Gasteiger partial charge in [-0.25, -0.2) is 0 Å². The predicted octanol–water partition coefficient (Wildman–Crippen LogP) is 2.96. The molecular formula is C17H26N2OS. The van der Waals surface area contributed by atoms with Gasteiger partial charge >= 0.3 is 0 Å². The number of carbonyl (C=O) groups excluding carboxylic acids is 1. The van der Waals surface area contributed by atoms with Crippen LogP contribution in [0.4, 0.5) is 0 Å². The minimum absolute atomic E-state index is 0.182. The van der Waals surface area contributed by atoms with Gasteiger partial charge in [0.05, 0.1) is 0 Å². The van der Waals surface area contributed by atoms with Crippen LogP contribution in [0.1, 0.15) is 37.7 Å². The maximum absolute atomic E-state index is 11.8. The van der Waals surface area contributed by atoms with Crippen LogP contribution in [0.2, 0.25) is 0 Å². The van der Waals surface area contributed by atoms with Crippen molar-refractivity contribution in [1.82, 2.24) is 10.6 Å². The van der Waals surface area contributed by atoms with E-state index in [1.165, 1.54) is 31.2 Å². The first-order valence-corrected chi connectivity index (χ1v) is 9.12. The lowest BCUT2D eigenvalue weighted by Crippen LogP contribution is -2.40. The Morgan fingerprint density at radius 1 is 1.24 bits per heavy atom. The summed E-state index contributed by atoms with van der Waals surface area (Å²) in [5.41, 5.74) is 1.32. The van der Waals surface area contributed by atoms with Crippen molar-refractivity contribution in [3.05, 3.63) is 35.9 Å². The first-order valence-electron chi connectivity index (χ1n) is 7.96. The molecule has 2 N–H and O–H groups in total. The fourth-order valence-corrected chi connectivity index (χ4v) is 3.43. The van der Waals surface area contributed by atoms with E-state index in [9.17, 15) is 4.79 Å². The monoisotopic (exact) mass is 306 g/mol. The minimum Gasteiger partial charge on any atom is -0.355 e. The second-order valence-electron chi connectivity index (χ2n) is 5.59. The lowest BCUT2D eigenvalue weighted by atomic mass is 10.1. The number of thioether (sulfide) groups is 1. The van der Waals surface area contributed by atoms with Gasteiger partial charge in [0, 0.05) is 30.5 Å². The smallest absolute Gasteiger partial charge is 0.220 e. The molecule has 0 spiro atoms. The van der Waals surface area contributed by atoms with Gasteiger partial charge in [-0.3, -0.25) is 4.79 Å². The van der Waals surface area contributed by atoms with Gasteiger partial charge in [0.2, 0.25) is 5.91 Å². The molecule has 1 saturated heterocycles. The average Bonchev–Trinajstić information content (AvgIpc) is 2.79. The summed E-state index contributed by atoms with van der Waals surface area (Å²) in [6, 6.07) is 10.9. The molecule has 0 saturated carbocycles. The van der Waals surface area contributed by atoms with Crippen LogP contribution in [0.5, 0.6) is 0 Å². The number of benzene rings is 1. The van der Waals surface area contributed by atoms with Crippen molar-refractivity contribution in [1.29, 1.82) is 0 Å². The van der Waals surface area contributed by atoms with Gasteiger partial charge in [0.1, 0.15) is 0 Å². The Labute approximate surface area is 132 Å². The topological polar surface area (TPSA) is 41.1 Å². The minimum atomic E-state index is 0.182. The summed E-state index contributed by atoms with van der Waals surface area (Å²) in [6.07, 6.45) is 5.65. The Bertz CT molecular complexity index is 403. The van der Waals surface area contributed by atoms with Gasteiger partial charge in [-0.1, -0.05) is 43.2 Å². The zero-order valence-electron chi connectivity index (χ0n) is 12.6. The molecule has 1 aromatic carbocycles. The highest BCUT2D eigenvalue weighted by atomic mass is 32.2. The third kappa shape index (κ3) is 7.00. The molecule has 1 atom stereocenters. The number of carbonyl (C=O) groups is 1. The van der Waals surface area contributed by atoms with Crippen LogP contribution >= 0.6 is 11.8 Å². The second-order valence-corrected chi connectivity index (χ2v) is 6.70. The fourth-order valence-electron chi connectivity index (χ4n) is 2.53. The van der Waals surface area contributed by atoms with Crippen LogP contribution in [-0.4, -0.2) is 30.8 Å². The average molecular weight is 306 g/mol. The molecule has 0 radical (unpaired) electrons. The zero-order valence-corrected chi connectivity index (χ0v) is 13.5. The maximum atomic E-state index is 11.8.